The second-order valence-corrected chi connectivity index (χ2v) is 7.13. The van der Waals surface area contributed by atoms with E-state index in [2.05, 4.69) is 10.3 Å². The van der Waals surface area contributed by atoms with Crippen LogP contribution in [0.15, 0.2) is 35.7 Å². The fourth-order valence-corrected chi connectivity index (χ4v) is 3.67. The summed E-state index contributed by atoms with van der Waals surface area (Å²) >= 11 is 1.54. The summed E-state index contributed by atoms with van der Waals surface area (Å²) in [5, 5.41) is 5.81. The Morgan fingerprint density at radius 2 is 2.24 bits per heavy atom. The molecule has 1 aromatic carbocycles. The second kappa shape index (κ2) is 7.95. The number of carbonyl (C=O) groups is 1. The molecule has 25 heavy (non-hydrogen) atoms. The van der Waals surface area contributed by atoms with Gasteiger partial charge in [-0.1, -0.05) is 30.3 Å². The number of nitrogens with one attached hydrogen (secondary N) is 1. The Bertz CT molecular complexity index is 707. The molecule has 134 valence electrons. The van der Waals surface area contributed by atoms with E-state index in [0.717, 1.165) is 16.3 Å². The van der Waals surface area contributed by atoms with Crippen molar-refractivity contribution in [2.75, 3.05) is 26.8 Å². The summed E-state index contributed by atoms with van der Waals surface area (Å²) in [4.78, 5) is 18.8. The maximum Gasteiger partial charge on any atom is 0.317 e. The highest BCUT2D eigenvalue weighted by Crippen LogP contribution is 2.29. The van der Waals surface area contributed by atoms with Gasteiger partial charge in [0.05, 0.1) is 32.0 Å². The molecule has 1 aliphatic rings. The van der Waals surface area contributed by atoms with E-state index in [0.29, 0.717) is 32.8 Å². The highest BCUT2D eigenvalue weighted by molar-refractivity contribution is 7.09. The molecule has 0 spiro atoms. The molecule has 2 heterocycles. The smallest absolute Gasteiger partial charge is 0.317 e. The van der Waals surface area contributed by atoms with Crippen LogP contribution in [-0.2, 0) is 28.2 Å². The maximum atomic E-state index is 12.5. The highest BCUT2D eigenvalue weighted by atomic mass is 32.1. The van der Waals surface area contributed by atoms with E-state index >= 15 is 0 Å². The van der Waals surface area contributed by atoms with Gasteiger partial charge in [0.1, 0.15) is 10.6 Å². The number of morpholine rings is 1. The van der Waals surface area contributed by atoms with Crippen LogP contribution in [0.5, 0.6) is 0 Å². The van der Waals surface area contributed by atoms with Crippen LogP contribution in [-0.4, -0.2) is 42.7 Å². The van der Waals surface area contributed by atoms with E-state index in [-0.39, 0.29) is 6.03 Å². The number of benzene rings is 1. The number of nitrogens with zero attached hydrogens (tertiary/aromatic N) is 2. The van der Waals surface area contributed by atoms with Crippen molar-refractivity contribution in [3.63, 3.8) is 0 Å². The molecule has 1 saturated heterocycles. The van der Waals surface area contributed by atoms with Crippen molar-refractivity contribution in [2.45, 2.75) is 25.7 Å². The number of methoxy groups -OCH3 is 1. The zero-order valence-corrected chi connectivity index (χ0v) is 15.3. The van der Waals surface area contributed by atoms with E-state index in [1.54, 1.807) is 12.0 Å². The van der Waals surface area contributed by atoms with Crippen LogP contribution in [0, 0.1) is 0 Å². The Labute approximate surface area is 151 Å². The molecular weight excluding hydrogens is 338 g/mol. The Morgan fingerprint density at radius 3 is 3.00 bits per heavy atom. The molecule has 2 amide bonds. The van der Waals surface area contributed by atoms with Gasteiger partial charge in [-0.05, 0) is 12.5 Å². The highest BCUT2D eigenvalue weighted by Gasteiger charge is 2.35. The summed E-state index contributed by atoms with van der Waals surface area (Å²) in [7, 11) is 1.64. The first-order valence-corrected chi connectivity index (χ1v) is 9.13. The van der Waals surface area contributed by atoms with E-state index in [4.69, 9.17) is 9.47 Å². The van der Waals surface area contributed by atoms with Gasteiger partial charge < -0.3 is 19.7 Å². The van der Waals surface area contributed by atoms with Gasteiger partial charge in [0.15, 0.2) is 0 Å². The molecule has 0 radical (unpaired) electrons. The molecule has 1 fully saturated rings. The first kappa shape index (κ1) is 17.8. The van der Waals surface area contributed by atoms with Crippen LogP contribution in [0.3, 0.4) is 0 Å². The number of amides is 2. The van der Waals surface area contributed by atoms with Gasteiger partial charge in [-0.2, -0.15) is 0 Å². The fourth-order valence-electron chi connectivity index (χ4n) is 2.91. The summed E-state index contributed by atoms with van der Waals surface area (Å²) in [6, 6.07) is 9.94. The molecule has 0 saturated carbocycles. The summed E-state index contributed by atoms with van der Waals surface area (Å²) in [5.41, 5.74) is 1.45. The predicted octanol–water partition coefficient (Wildman–Crippen LogP) is 2.75. The molecule has 1 unspecified atom stereocenters. The van der Waals surface area contributed by atoms with Crippen LogP contribution >= 0.6 is 11.3 Å². The molecule has 3 rings (SSSR count). The Morgan fingerprint density at radius 1 is 1.44 bits per heavy atom. The molecule has 0 bridgehead atoms. The number of hydrogen-bond donors (Lipinski definition) is 1. The minimum absolute atomic E-state index is 0.0910. The molecule has 6 nitrogen and oxygen atoms in total. The molecule has 1 aromatic heterocycles. The number of rotatable bonds is 5. The van der Waals surface area contributed by atoms with Crippen molar-refractivity contribution in [3.8, 4) is 0 Å². The average Bonchev–Trinajstić information content (AvgIpc) is 3.08. The summed E-state index contributed by atoms with van der Waals surface area (Å²) in [6.07, 6.45) is 0. The maximum absolute atomic E-state index is 12.5. The van der Waals surface area contributed by atoms with Crippen molar-refractivity contribution in [1.82, 2.24) is 15.2 Å². The number of urea groups is 1. The standard InChI is InChI=1S/C18H23N3O3S/c1-18(14-6-4-3-5-7-14)13-21(8-9-24-18)17(22)19-10-15-12-25-16(20-15)11-23-2/h3-7,12H,8-11,13H2,1-2H3,(H,19,22). The van der Waals surface area contributed by atoms with Crippen LogP contribution in [0.1, 0.15) is 23.2 Å². The van der Waals surface area contributed by atoms with Gasteiger partial charge >= 0.3 is 6.03 Å². The van der Waals surface area contributed by atoms with E-state index in [1.165, 1.54) is 11.3 Å². The second-order valence-electron chi connectivity index (χ2n) is 6.19. The third-order valence-electron chi connectivity index (χ3n) is 4.23. The van der Waals surface area contributed by atoms with Crippen LogP contribution in [0.2, 0.25) is 0 Å². The van der Waals surface area contributed by atoms with E-state index in [9.17, 15) is 4.79 Å². The first-order valence-electron chi connectivity index (χ1n) is 8.25. The number of ether oxygens (including phenoxy) is 2. The predicted molar refractivity (Wildman–Crippen MR) is 96.4 cm³/mol. The van der Waals surface area contributed by atoms with Gasteiger partial charge in [0.25, 0.3) is 0 Å². The van der Waals surface area contributed by atoms with Crippen LogP contribution in [0.4, 0.5) is 4.79 Å². The molecular formula is C18H23N3O3S. The Balaban J connectivity index is 1.58. The lowest BCUT2D eigenvalue weighted by Gasteiger charge is -2.40. The minimum atomic E-state index is -0.483. The Hall–Kier alpha value is -1.96. The lowest BCUT2D eigenvalue weighted by molar-refractivity contribution is -0.0906. The zero-order chi connectivity index (χ0) is 17.7. The van der Waals surface area contributed by atoms with Crippen molar-refractivity contribution >= 4 is 17.4 Å². The molecule has 2 aromatic rings. The lowest BCUT2D eigenvalue weighted by atomic mass is 9.94. The monoisotopic (exact) mass is 361 g/mol. The van der Waals surface area contributed by atoms with E-state index in [1.807, 2.05) is 42.6 Å². The van der Waals surface area contributed by atoms with Gasteiger partial charge in [-0.15, -0.1) is 11.3 Å². The normalized spacial score (nSPS) is 20.5. The van der Waals surface area contributed by atoms with Crippen LogP contribution < -0.4 is 5.32 Å². The number of hydrogen-bond acceptors (Lipinski definition) is 5. The van der Waals surface area contributed by atoms with Crippen molar-refractivity contribution in [1.29, 1.82) is 0 Å². The van der Waals surface area contributed by atoms with Gasteiger partial charge in [0.2, 0.25) is 0 Å². The van der Waals surface area contributed by atoms with Crippen molar-refractivity contribution in [2.24, 2.45) is 0 Å². The SMILES string of the molecule is COCc1nc(CNC(=O)N2CCOC(C)(c3ccccc3)C2)cs1. The summed E-state index contributed by atoms with van der Waals surface area (Å²) in [6.45, 7) is 4.57. The zero-order valence-electron chi connectivity index (χ0n) is 14.5. The number of thiazole rings is 1. The molecule has 1 aliphatic heterocycles. The third kappa shape index (κ3) is 4.36. The number of carbonyl (C=O) groups excluding carboxylic acids is 1. The van der Waals surface area contributed by atoms with Crippen molar-refractivity contribution in [3.05, 3.63) is 52.0 Å². The molecule has 1 N–H and O–H groups in total. The largest absolute Gasteiger partial charge is 0.378 e. The van der Waals surface area contributed by atoms with E-state index < -0.39 is 5.60 Å². The summed E-state index contributed by atoms with van der Waals surface area (Å²) < 4.78 is 11.0. The van der Waals surface area contributed by atoms with Crippen molar-refractivity contribution < 1.29 is 14.3 Å². The Kier molecular flexibility index (Phi) is 5.67. The van der Waals surface area contributed by atoms with Gasteiger partial charge in [-0.3, -0.25) is 0 Å². The molecule has 1 atom stereocenters. The summed E-state index contributed by atoms with van der Waals surface area (Å²) in [5.74, 6) is 0. The lowest BCUT2D eigenvalue weighted by Crippen LogP contribution is -2.53. The quantitative estimate of drug-likeness (QED) is 0.889. The fraction of sp³-hybridized carbons (Fsp3) is 0.444. The minimum Gasteiger partial charge on any atom is -0.378 e. The number of aromatic nitrogens is 1. The molecule has 7 heteroatoms. The first-order chi connectivity index (χ1) is 12.1. The molecule has 0 aliphatic carbocycles. The average molecular weight is 361 g/mol. The topological polar surface area (TPSA) is 63.7 Å². The van der Waals surface area contributed by atoms with Crippen LogP contribution in [0.25, 0.3) is 0 Å². The third-order valence-corrected chi connectivity index (χ3v) is 5.11. The van der Waals surface area contributed by atoms with Gasteiger partial charge in [0, 0.05) is 19.0 Å². The van der Waals surface area contributed by atoms with Gasteiger partial charge in [-0.25, -0.2) is 9.78 Å².